The summed E-state index contributed by atoms with van der Waals surface area (Å²) in [6, 6.07) is 13.3. The second-order valence-corrected chi connectivity index (χ2v) is 8.62. The second kappa shape index (κ2) is 8.54. The number of aromatic amines is 1. The fourth-order valence-corrected chi connectivity index (χ4v) is 4.56. The van der Waals surface area contributed by atoms with E-state index in [1.54, 1.807) is 11.0 Å². The predicted molar refractivity (Wildman–Crippen MR) is 122 cm³/mol. The van der Waals surface area contributed by atoms with E-state index in [9.17, 15) is 9.59 Å². The number of nitrogens with zero attached hydrogens (tertiary/aromatic N) is 5. The summed E-state index contributed by atoms with van der Waals surface area (Å²) in [5, 5.41) is 7.16. The molecule has 0 bridgehead atoms. The van der Waals surface area contributed by atoms with Crippen molar-refractivity contribution in [3.05, 3.63) is 75.5 Å². The van der Waals surface area contributed by atoms with Gasteiger partial charge in [0.2, 0.25) is 0 Å². The van der Waals surface area contributed by atoms with Gasteiger partial charge in [0.15, 0.2) is 17.1 Å². The van der Waals surface area contributed by atoms with Crippen LogP contribution < -0.4 is 5.56 Å². The SMILES string of the molecule is O=C(c1cc(CN2CCOCC2)on1)N1CCc2c(nc3cc(-c4ccccc4)[nH]n3c2=O)C1. The molecule has 0 radical (unpaired) electrons. The zero-order valence-electron chi connectivity index (χ0n) is 18.6. The first-order chi connectivity index (χ1) is 16.7. The summed E-state index contributed by atoms with van der Waals surface area (Å²) in [5.74, 6) is 0.435. The Labute approximate surface area is 194 Å². The molecule has 174 valence electrons. The minimum Gasteiger partial charge on any atom is -0.379 e. The van der Waals surface area contributed by atoms with E-state index in [4.69, 9.17) is 14.2 Å². The van der Waals surface area contributed by atoms with Crippen molar-refractivity contribution in [3.8, 4) is 11.3 Å². The standard InChI is InChI=1S/C24H24N6O4/c31-23-18-6-7-29(24(32)20-12-17(34-27-20)14-28-8-10-33-11-9-28)15-21(18)25-22-13-19(26-30(22)23)16-4-2-1-3-5-16/h1-5,12-13,26H,6-11,14-15H2. The summed E-state index contributed by atoms with van der Waals surface area (Å²) in [7, 11) is 0. The molecule has 6 rings (SSSR count). The van der Waals surface area contributed by atoms with Crippen molar-refractivity contribution in [2.24, 2.45) is 0 Å². The molecule has 5 heterocycles. The van der Waals surface area contributed by atoms with E-state index in [-0.39, 0.29) is 23.7 Å². The summed E-state index contributed by atoms with van der Waals surface area (Å²) in [4.78, 5) is 34.8. The lowest BCUT2D eigenvalue weighted by molar-refractivity contribution is 0.0305. The van der Waals surface area contributed by atoms with Crippen molar-refractivity contribution in [1.29, 1.82) is 0 Å². The minimum absolute atomic E-state index is 0.122. The number of morpholine rings is 1. The number of hydrogen-bond acceptors (Lipinski definition) is 7. The summed E-state index contributed by atoms with van der Waals surface area (Å²) in [5.41, 5.74) is 3.74. The van der Waals surface area contributed by atoms with Gasteiger partial charge < -0.3 is 14.2 Å². The van der Waals surface area contributed by atoms with Crippen LogP contribution in [0.1, 0.15) is 27.5 Å². The molecule has 2 aliphatic heterocycles. The van der Waals surface area contributed by atoms with Crippen LogP contribution >= 0.6 is 0 Å². The third-order valence-electron chi connectivity index (χ3n) is 6.40. The molecule has 1 aromatic carbocycles. The van der Waals surface area contributed by atoms with E-state index >= 15 is 0 Å². The molecule has 0 aliphatic carbocycles. The van der Waals surface area contributed by atoms with Crippen LogP contribution in [-0.4, -0.2) is 68.3 Å². The van der Waals surface area contributed by atoms with Crippen molar-refractivity contribution >= 4 is 11.6 Å². The molecule has 1 fully saturated rings. The lowest BCUT2D eigenvalue weighted by Crippen LogP contribution is -2.39. The third-order valence-corrected chi connectivity index (χ3v) is 6.40. The fourth-order valence-electron chi connectivity index (χ4n) is 4.56. The van der Waals surface area contributed by atoms with Gasteiger partial charge >= 0.3 is 0 Å². The molecule has 10 nitrogen and oxygen atoms in total. The molecular formula is C24H24N6O4. The number of H-pyrrole nitrogens is 1. The van der Waals surface area contributed by atoms with Crippen LogP contribution in [0.3, 0.4) is 0 Å². The van der Waals surface area contributed by atoms with Gasteiger partial charge in [-0.3, -0.25) is 19.6 Å². The predicted octanol–water partition coefficient (Wildman–Crippen LogP) is 1.71. The highest BCUT2D eigenvalue weighted by molar-refractivity contribution is 5.92. The number of aromatic nitrogens is 4. The highest BCUT2D eigenvalue weighted by Gasteiger charge is 2.28. The zero-order chi connectivity index (χ0) is 23.1. The van der Waals surface area contributed by atoms with E-state index < -0.39 is 0 Å². The average Bonchev–Trinajstić information content (AvgIpc) is 3.52. The Kier molecular flexibility index (Phi) is 5.23. The van der Waals surface area contributed by atoms with Crippen LogP contribution in [0.4, 0.5) is 0 Å². The van der Waals surface area contributed by atoms with Crippen molar-refractivity contribution < 1.29 is 14.1 Å². The van der Waals surface area contributed by atoms with Gasteiger partial charge in [-0.25, -0.2) is 9.50 Å². The highest BCUT2D eigenvalue weighted by atomic mass is 16.5. The van der Waals surface area contributed by atoms with Crippen LogP contribution in [0.5, 0.6) is 0 Å². The summed E-state index contributed by atoms with van der Waals surface area (Å²) in [6.45, 7) is 4.33. The van der Waals surface area contributed by atoms with Crippen LogP contribution in [0.2, 0.25) is 0 Å². The maximum absolute atomic E-state index is 13.1. The Bertz CT molecular complexity index is 1400. The zero-order valence-corrected chi connectivity index (χ0v) is 18.6. The van der Waals surface area contributed by atoms with E-state index in [2.05, 4.69) is 15.2 Å². The molecule has 2 aliphatic rings. The van der Waals surface area contributed by atoms with E-state index in [0.29, 0.717) is 55.4 Å². The monoisotopic (exact) mass is 460 g/mol. The molecule has 4 aromatic rings. The van der Waals surface area contributed by atoms with Gasteiger partial charge in [0.05, 0.1) is 37.7 Å². The normalized spacial score (nSPS) is 16.6. The first kappa shape index (κ1) is 20.8. The number of nitrogens with one attached hydrogen (secondary N) is 1. The highest BCUT2D eigenvalue weighted by Crippen LogP contribution is 2.21. The van der Waals surface area contributed by atoms with Crippen molar-refractivity contribution in [1.82, 2.24) is 29.6 Å². The number of benzene rings is 1. The van der Waals surface area contributed by atoms with Gasteiger partial charge in [0.1, 0.15) is 0 Å². The minimum atomic E-state index is -0.219. The van der Waals surface area contributed by atoms with Crippen molar-refractivity contribution in [3.63, 3.8) is 0 Å². The van der Waals surface area contributed by atoms with Crippen LogP contribution in [0.25, 0.3) is 16.9 Å². The number of hydrogen-bond donors (Lipinski definition) is 1. The average molecular weight is 460 g/mol. The van der Waals surface area contributed by atoms with Crippen LogP contribution in [0.15, 0.2) is 51.8 Å². The smallest absolute Gasteiger partial charge is 0.276 e. The first-order valence-corrected chi connectivity index (χ1v) is 11.4. The van der Waals surface area contributed by atoms with Gasteiger partial charge in [-0.1, -0.05) is 35.5 Å². The van der Waals surface area contributed by atoms with Crippen molar-refractivity contribution in [2.75, 3.05) is 32.8 Å². The maximum Gasteiger partial charge on any atom is 0.276 e. The molecule has 0 saturated carbocycles. The molecule has 10 heteroatoms. The lowest BCUT2D eigenvalue weighted by atomic mass is 10.1. The fraction of sp³-hybridized carbons (Fsp3) is 0.333. The molecule has 1 N–H and O–H groups in total. The number of amides is 1. The van der Waals surface area contributed by atoms with Gasteiger partial charge in [0, 0.05) is 37.3 Å². The number of ether oxygens (including phenoxy) is 1. The van der Waals surface area contributed by atoms with Crippen molar-refractivity contribution in [2.45, 2.75) is 19.5 Å². The molecule has 1 saturated heterocycles. The van der Waals surface area contributed by atoms with Gasteiger partial charge in [-0.05, 0) is 12.0 Å². The topological polar surface area (TPSA) is 109 Å². The molecule has 0 atom stereocenters. The Hall–Kier alpha value is -3.76. The molecule has 34 heavy (non-hydrogen) atoms. The number of carbonyl (C=O) groups is 1. The van der Waals surface area contributed by atoms with Gasteiger partial charge in [-0.15, -0.1) is 0 Å². The van der Waals surface area contributed by atoms with Crippen LogP contribution in [-0.2, 0) is 24.2 Å². The number of rotatable bonds is 4. The summed E-state index contributed by atoms with van der Waals surface area (Å²) in [6.07, 6.45) is 0.439. The maximum atomic E-state index is 13.1. The number of fused-ring (bicyclic) bond motifs is 2. The Morgan fingerprint density at radius 1 is 1.09 bits per heavy atom. The Morgan fingerprint density at radius 2 is 1.91 bits per heavy atom. The molecular weight excluding hydrogens is 436 g/mol. The largest absolute Gasteiger partial charge is 0.379 e. The Balaban J connectivity index is 1.22. The molecule has 0 spiro atoms. The molecule has 0 unspecified atom stereocenters. The second-order valence-electron chi connectivity index (χ2n) is 8.62. The first-order valence-electron chi connectivity index (χ1n) is 11.4. The van der Waals surface area contributed by atoms with E-state index in [1.807, 2.05) is 36.4 Å². The summed E-state index contributed by atoms with van der Waals surface area (Å²) >= 11 is 0. The third kappa shape index (κ3) is 3.80. The quantitative estimate of drug-likeness (QED) is 0.494. The summed E-state index contributed by atoms with van der Waals surface area (Å²) < 4.78 is 12.3. The Morgan fingerprint density at radius 3 is 2.74 bits per heavy atom. The van der Waals surface area contributed by atoms with E-state index in [0.717, 1.165) is 24.3 Å². The number of carbonyl (C=O) groups excluding carboxylic acids is 1. The molecule has 3 aromatic heterocycles. The van der Waals surface area contributed by atoms with E-state index in [1.165, 1.54) is 4.52 Å². The molecule has 1 amide bonds. The van der Waals surface area contributed by atoms with Gasteiger partial charge in [0.25, 0.3) is 11.5 Å². The van der Waals surface area contributed by atoms with Crippen LogP contribution in [0, 0.1) is 0 Å². The van der Waals surface area contributed by atoms with Gasteiger partial charge in [-0.2, -0.15) is 0 Å². The lowest BCUT2D eigenvalue weighted by Gasteiger charge is -2.26.